The van der Waals surface area contributed by atoms with Crippen LogP contribution in [0.4, 0.5) is 5.13 Å². The minimum absolute atomic E-state index is 0.0480. The van der Waals surface area contributed by atoms with Crippen LogP contribution in [-0.4, -0.2) is 21.6 Å². The molecular weight excluding hydrogens is 200 g/mol. The van der Waals surface area contributed by atoms with Gasteiger partial charge in [-0.25, -0.2) is 9.78 Å². The maximum Gasteiger partial charge on any atom is 0.355 e. The van der Waals surface area contributed by atoms with Crippen molar-refractivity contribution in [3.05, 3.63) is 11.1 Å². The molecule has 4 nitrogen and oxygen atoms in total. The third kappa shape index (κ3) is 2.70. The highest BCUT2D eigenvalue weighted by Gasteiger charge is 2.17. The summed E-state index contributed by atoms with van der Waals surface area (Å²) in [6, 6.07) is 0. The lowest BCUT2D eigenvalue weighted by molar-refractivity contribution is 0.0691. The lowest BCUT2D eigenvalue weighted by Crippen LogP contribution is -2.29. The SMILES string of the molecule is CCC(C)(C)Nc1nc(C(=O)O)cs1. The summed E-state index contributed by atoms with van der Waals surface area (Å²) in [6.45, 7) is 6.17. The second-order valence-corrected chi connectivity index (χ2v) is 4.56. The van der Waals surface area contributed by atoms with E-state index in [1.54, 1.807) is 0 Å². The Bertz CT molecular complexity index is 333. The van der Waals surface area contributed by atoms with Crippen molar-refractivity contribution in [1.82, 2.24) is 4.98 Å². The number of carboxylic acids is 1. The first-order valence-corrected chi connectivity index (χ1v) is 5.29. The van der Waals surface area contributed by atoms with E-state index < -0.39 is 5.97 Å². The minimum atomic E-state index is -0.983. The summed E-state index contributed by atoms with van der Waals surface area (Å²) >= 11 is 1.32. The fourth-order valence-electron chi connectivity index (χ4n) is 0.807. The van der Waals surface area contributed by atoms with Crippen LogP contribution in [0, 0.1) is 0 Å². The first-order valence-electron chi connectivity index (χ1n) is 4.41. The van der Waals surface area contributed by atoms with Crippen molar-refractivity contribution in [2.45, 2.75) is 32.7 Å². The Hall–Kier alpha value is -1.10. The maximum atomic E-state index is 10.6. The minimum Gasteiger partial charge on any atom is -0.476 e. The van der Waals surface area contributed by atoms with Gasteiger partial charge < -0.3 is 10.4 Å². The highest BCUT2D eigenvalue weighted by molar-refractivity contribution is 7.13. The number of aromatic carboxylic acids is 1. The first-order chi connectivity index (χ1) is 6.44. The van der Waals surface area contributed by atoms with Crippen LogP contribution in [0.5, 0.6) is 0 Å². The van der Waals surface area contributed by atoms with Crippen molar-refractivity contribution >= 4 is 22.4 Å². The molecule has 5 heteroatoms. The molecule has 0 atom stereocenters. The van der Waals surface area contributed by atoms with Gasteiger partial charge in [-0.2, -0.15) is 0 Å². The lowest BCUT2D eigenvalue weighted by Gasteiger charge is -2.23. The summed E-state index contributed by atoms with van der Waals surface area (Å²) in [6.07, 6.45) is 0.953. The molecule has 78 valence electrons. The highest BCUT2D eigenvalue weighted by Crippen LogP contribution is 2.21. The van der Waals surface area contributed by atoms with E-state index in [0.29, 0.717) is 5.13 Å². The third-order valence-corrected chi connectivity index (χ3v) is 2.81. The molecular formula is C9H14N2O2S. The number of anilines is 1. The van der Waals surface area contributed by atoms with Crippen LogP contribution >= 0.6 is 11.3 Å². The second kappa shape index (κ2) is 3.96. The van der Waals surface area contributed by atoms with Crippen LogP contribution in [0.1, 0.15) is 37.7 Å². The molecule has 14 heavy (non-hydrogen) atoms. The van der Waals surface area contributed by atoms with E-state index in [-0.39, 0.29) is 11.2 Å². The molecule has 0 saturated carbocycles. The van der Waals surface area contributed by atoms with Crippen LogP contribution in [0.3, 0.4) is 0 Å². The summed E-state index contributed by atoms with van der Waals surface area (Å²) in [5, 5.41) is 14.1. The number of carboxylic acid groups (broad SMARTS) is 1. The van der Waals surface area contributed by atoms with E-state index in [2.05, 4.69) is 31.1 Å². The molecule has 0 aromatic carbocycles. The van der Waals surface area contributed by atoms with Gasteiger partial charge in [-0.15, -0.1) is 11.3 Å². The van der Waals surface area contributed by atoms with Gasteiger partial charge >= 0.3 is 5.97 Å². The summed E-state index contributed by atoms with van der Waals surface area (Å²) in [4.78, 5) is 14.5. The number of nitrogens with zero attached hydrogens (tertiary/aromatic N) is 1. The summed E-state index contributed by atoms with van der Waals surface area (Å²) < 4.78 is 0. The average molecular weight is 214 g/mol. The number of hydrogen-bond acceptors (Lipinski definition) is 4. The molecule has 0 unspecified atom stereocenters. The van der Waals surface area contributed by atoms with Gasteiger partial charge in [0.25, 0.3) is 0 Å². The molecule has 0 spiro atoms. The molecule has 1 aromatic heterocycles. The second-order valence-electron chi connectivity index (χ2n) is 3.71. The lowest BCUT2D eigenvalue weighted by atomic mass is 10.0. The molecule has 2 N–H and O–H groups in total. The number of rotatable bonds is 4. The van der Waals surface area contributed by atoms with E-state index in [1.165, 1.54) is 16.7 Å². The largest absolute Gasteiger partial charge is 0.476 e. The monoisotopic (exact) mass is 214 g/mol. The van der Waals surface area contributed by atoms with E-state index >= 15 is 0 Å². The summed E-state index contributed by atoms with van der Waals surface area (Å²) in [5.41, 5.74) is 0.0533. The molecule has 0 aliphatic carbocycles. The molecule has 0 aliphatic rings. The number of carbonyl (C=O) groups is 1. The predicted octanol–water partition coefficient (Wildman–Crippen LogP) is 2.44. The fraction of sp³-hybridized carbons (Fsp3) is 0.556. The standard InChI is InChI=1S/C9H14N2O2S/c1-4-9(2,3)11-8-10-6(5-14-8)7(12)13/h5H,4H2,1-3H3,(H,10,11)(H,12,13). The van der Waals surface area contributed by atoms with Gasteiger partial charge in [0.2, 0.25) is 0 Å². The average Bonchev–Trinajstić information content (AvgIpc) is 2.52. The normalized spacial score (nSPS) is 11.4. The van der Waals surface area contributed by atoms with Crippen LogP contribution in [0.25, 0.3) is 0 Å². The van der Waals surface area contributed by atoms with Gasteiger partial charge in [-0.05, 0) is 20.3 Å². The van der Waals surface area contributed by atoms with Crippen LogP contribution < -0.4 is 5.32 Å². The topological polar surface area (TPSA) is 62.2 Å². The Morgan fingerprint density at radius 2 is 2.36 bits per heavy atom. The van der Waals surface area contributed by atoms with Gasteiger partial charge in [0, 0.05) is 10.9 Å². The van der Waals surface area contributed by atoms with Crippen molar-refractivity contribution in [3.63, 3.8) is 0 Å². The summed E-state index contributed by atoms with van der Waals surface area (Å²) in [7, 11) is 0. The van der Waals surface area contributed by atoms with Crippen LogP contribution in [0.15, 0.2) is 5.38 Å². The molecule has 1 aromatic rings. The zero-order valence-corrected chi connectivity index (χ0v) is 9.31. The summed E-state index contributed by atoms with van der Waals surface area (Å²) in [5.74, 6) is -0.983. The quantitative estimate of drug-likeness (QED) is 0.808. The van der Waals surface area contributed by atoms with E-state index in [4.69, 9.17) is 5.11 Å². The molecule has 0 bridgehead atoms. The number of nitrogens with one attached hydrogen (secondary N) is 1. The van der Waals surface area contributed by atoms with Gasteiger partial charge in [0.1, 0.15) is 0 Å². The van der Waals surface area contributed by atoms with Crippen molar-refractivity contribution in [2.24, 2.45) is 0 Å². The highest BCUT2D eigenvalue weighted by atomic mass is 32.1. The molecule has 0 saturated heterocycles. The van der Waals surface area contributed by atoms with E-state index in [1.807, 2.05) is 0 Å². The van der Waals surface area contributed by atoms with Crippen molar-refractivity contribution in [1.29, 1.82) is 0 Å². The van der Waals surface area contributed by atoms with Crippen LogP contribution in [-0.2, 0) is 0 Å². The van der Waals surface area contributed by atoms with Crippen molar-refractivity contribution < 1.29 is 9.90 Å². The third-order valence-electron chi connectivity index (χ3n) is 2.05. The number of thiazole rings is 1. The molecule has 0 aliphatic heterocycles. The maximum absolute atomic E-state index is 10.6. The predicted molar refractivity (Wildman–Crippen MR) is 57.1 cm³/mol. The zero-order valence-electron chi connectivity index (χ0n) is 8.50. The van der Waals surface area contributed by atoms with Gasteiger partial charge in [-0.1, -0.05) is 6.92 Å². The Balaban J connectivity index is 2.73. The first kappa shape index (κ1) is 11.0. The Morgan fingerprint density at radius 1 is 1.71 bits per heavy atom. The molecule has 0 fully saturated rings. The number of aromatic nitrogens is 1. The van der Waals surface area contributed by atoms with E-state index in [9.17, 15) is 4.79 Å². The number of hydrogen-bond donors (Lipinski definition) is 2. The fourth-order valence-corrected chi connectivity index (χ4v) is 1.67. The van der Waals surface area contributed by atoms with Crippen LogP contribution in [0.2, 0.25) is 0 Å². The molecule has 1 rings (SSSR count). The Labute approximate surface area is 87.0 Å². The van der Waals surface area contributed by atoms with Crippen molar-refractivity contribution in [2.75, 3.05) is 5.32 Å². The molecule has 0 amide bonds. The molecule has 1 heterocycles. The van der Waals surface area contributed by atoms with Gasteiger partial charge in [-0.3, -0.25) is 0 Å². The van der Waals surface area contributed by atoms with Gasteiger partial charge in [0.05, 0.1) is 0 Å². The Kier molecular flexibility index (Phi) is 3.10. The smallest absolute Gasteiger partial charge is 0.355 e. The van der Waals surface area contributed by atoms with E-state index in [0.717, 1.165) is 6.42 Å². The Morgan fingerprint density at radius 3 is 2.79 bits per heavy atom. The zero-order chi connectivity index (χ0) is 10.8. The molecule has 0 radical (unpaired) electrons. The van der Waals surface area contributed by atoms with Gasteiger partial charge in [0.15, 0.2) is 10.8 Å². The van der Waals surface area contributed by atoms with Crippen molar-refractivity contribution in [3.8, 4) is 0 Å².